The van der Waals surface area contributed by atoms with Gasteiger partial charge in [0.15, 0.2) is 0 Å². The summed E-state index contributed by atoms with van der Waals surface area (Å²) in [4.78, 5) is 0. The maximum absolute atomic E-state index is 2.63. The molecule has 4 rings (SSSR count). The van der Waals surface area contributed by atoms with Crippen molar-refractivity contribution >= 4 is 63.6 Å². The zero-order valence-corrected chi connectivity index (χ0v) is 45.1. The van der Waals surface area contributed by atoms with Gasteiger partial charge in [0, 0.05) is 0 Å². The number of halogens is 2. The number of rotatable bonds is 8. The van der Waals surface area contributed by atoms with Crippen LogP contribution in [0.25, 0.3) is 0 Å². The molecule has 0 heterocycles. The second-order valence-electron chi connectivity index (χ2n) is 17.9. The molecule has 0 atom stereocenters. The van der Waals surface area contributed by atoms with E-state index in [1.54, 1.807) is 27.3 Å². The molecule has 0 N–H and O–H groups in total. The van der Waals surface area contributed by atoms with Gasteiger partial charge in [0.25, 0.3) is 0 Å². The summed E-state index contributed by atoms with van der Waals surface area (Å²) in [6, 6.07) is 0. The summed E-state index contributed by atoms with van der Waals surface area (Å²) in [5.41, 5.74) is 0. The second kappa shape index (κ2) is 17.4. The van der Waals surface area contributed by atoms with Crippen LogP contribution in [0.1, 0.15) is 53.4 Å². The number of hydrogen-bond donors (Lipinski definition) is 0. The van der Waals surface area contributed by atoms with Crippen molar-refractivity contribution in [3.63, 3.8) is 0 Å². The molecule has 0 unspecified atom stereocenters. The molecule has 0 nitrogen and oxygen atoms in total. The molecule has 0 aromatic heterocycles. The summed E-state index contributed by atoms with van der Waals surface area (Å²) in [5, 5.41) is 6.79. The third kappa shape index (κ3) is 12.0. The number of allylic oxidation sites excluding steroid dienone is 16. The molecule has 0 amide bonds. The molecule has 0 saturated heterocycles. The van der Waals surface area contributed by atoms with Gasteiger partial charge in [0.05, 0.1) is 0 Å². The Morgan fingerprint density at radius 2 is 0.565 bits per heavy atom. The third-order valence-corrected chi connectivity index (χ3v) is 39.0. The fourth-order valence-corrected chi connectivity index (χ4v) is 34.8. The van der Waals surface area contributed by atoms with E-state index in [1.807, 2.05) is 13.3 Å². The molecule has 4 aliphatic carbocycles. The molecule has 0 spiro atoms. The van der Waals surface area contributed by atoms with Gasteiger partial charge >= 0.3 is 295 Å². The molecule has 4 aliphatic rings. The average molecular weight is 1060 g/mol. The van der Waals surface area contributed by atoms with E-state index in [1.165, 1.54) is 25.7 Å². The van der Waals surface area contributed by atoms with Crippen molar-refractivity contribution in [1.29, 1.82) is 0 Å². The minimum atomic E-state index is -1.92. The maximum Gasteiger partial charge on any atom is -0.147 e. The van der Waals surface area contributed by atoms with Crippen molar-refractivity contribution in [3.8, 4) is 0 Å². The van der Waals surface area contributed by atoms with E-state index in [2.05, 4.69) is 155 Å². The summed E-state index contributed by atoms with van der Waals surface area (Å²) in [6.07, 6.45) is 25.8. The fraction of sp³-hybridized carbons (Fsp3) is 0.526. The molecule has 0 aromatic carbocycles. The van der Waals surface area contributed by atoms with Gasteiger partial charge in [0.2, 0.25) is 0 Å². The van der Waals surface area contributed by atoms with E-state index in [-0.39, 0.29) is 24.8 Å². The standard InChI is InChI=1S/4C8H13Si.2C3H6.2ClH.2Hf/c4*1-9(2,3)8-6-4-5-7-8;2*1-3-2;;;;/h4*6-7H,4H2,1-3H3;2*1-2H3;2*1H;;. The van der Waals surface area contributed by atoms with E-state index in [0.717, 1.165) is 0 Å². The van der Waals surface area contributed by atoms with E-state index in [9.17, 15) is 0 Å². The molecular formula is C38H66Cl2Hf2Si4. The Hall–Kier alpha value is 0.848. The Balaban J connectivity index is 0.000000441. The minimum absolute atomic E-state index is 0. The summed E-state index contributed by atoms with van der Waals surface area (Å²) < 4.78 is 10.9. The summed E-state index contributed by atoms with van der Waals surface area (Å²) >= 11 is -3.83. The van der Waals surface area contributed by atoms with Gasteiger partial charge in [-0.05, 0) is 0 Å². The van der Waals surface area contributed by atoms with Gasteiger partial charge in [-0.3, -0.25) is 0 Å². The number of hydrogen-bond acceptors (Lipinski definition) is 0. The van der Waals surface area contributed by atoms with Crippen molar-refractivity contribution in [2.24, 2.45) is 0 Å². The van der Waals surface area contributed by atoms with Crippen LogP contribution in [0.2, 0.25) is 78.6 Å². The van der Waals surface area contributed by atoms with Gasteiger partial charge in [-0.25, -0.2) is 0 Å². The van der Waals surface area contributed by atoms with Crippen LogP contribution in [0, 0.1) is 0 Å². The first kappa shape index (κ1) is 44.9. The molecule has 46 heavy (non-hydrogen) atoms. The Bertz CT molecular complexity index is 1280. The Morgan fingerprint density at radius 1 is 0.391 bits per heavy atom. The Morgan fingerprint density at radius 3 is 0.674 bits per heavy atom. The van der Waals surface area contributed by atoms with Crippen LogP contribution >= 0.6 is 24.8 Å². The van der Waals surface area contributed by atoms with Gasteiger partial charge < -0.3 is 0 Å². The average Bonchev–Trinajstić information content (AvgIpc) is 3.64. The van der Waals surface area contributed by atoms with Crippen LogP contribution in [-0.4, -0.2) is 38.8 Å². The predicted octanol–water partition coefficient (Wildman–Crippen LogP) is 12.8. The van der Waals surface area contributed by atoms with Gasteiger partial charge in [-0.15, -0.1) is 24.8 Å². The zero-order chi connectivity index (χ0) is 33.4. The van der Waals surface area contributed by atoms with Crippen LogP contribution in [0.15, 0.2) is 82.7 Å². The molecule has 0 bridgehead atoms. The van der Waals surface area contributed by atoms with E-state index in [0.29, 0.717) is 0 Å². The molecule has 256 valence electrons. The molecular weight excluding hydrogens is 997 g/mol. The van der Waals surface area contributed by atoms with Crippen molar-refractivity contribution in [2.75, 3.05) is 0 Å². The van der Waals surface area contributed by atoms with E-state index in [4.69, 9.17) is 0 Å². The van der Waals surface area contributed by atoms with E-state index < -0.39 is 74.2 Å². The Labute approximate surface area is 316 Å². The van der Waals surface area contributed by atoms with Crippen LogP contribution < -0.4 is 0 Å². The largest absolute Gasteiger partial charge is 0.147 e. The van der Waals surface area contributed by atoms with Crippen molar-refractivity contribution in [1.82, 2.24) is 0 Å². The molecule has 0 radical (unpaired) electrons. The molecule has 0 aliphatic heterocycles. The van der Waals surface area contributed by atoms with E-state index >= 15 is 0 Å². The molecule has 0 aromatic rings. The predicted molar refractivity (Wildman–Crippen MR) is 224 cm³/mol. The normalized spacial score (nSPS) is 17.9. The van der Waals surface area contributed by atoms with Gasteiger partial charge in [-0.2, -0.15) is 0 Å². The molecule has 0 saturated carbocycles. The molecule has 8 heteroatoms. The quantitative estimate of drug-likeness (QED) is 0.213. The first-order chi connectivity index (χ1) is 20.0. The van der Waals surface area contributed by atoms with Crippen LogP contribution in [0.3, 0.4) is 0 Å². The third-order valence-electron chi connectivity index (χ3n) is 9.24. The van der Waals surface area contributed by atoms with Crippen LogP contribution in [-0.2, 0) is 41.9 Å². The fourth-order valence-electron chi connectivity index (χ4n) is 6.59. The first-order valence-corrected chi connectivity index (χ1v) is 41.8. The van der Waals surface area contributed by atoms with Crippen molar-refractivity contribution in [2.45, 2.75) is 132 Å². The topological polar surface area (TPSA) is 0 Å². The van der Waals surface area contributed by atoms with Crippen LogP contribution in [0.4, 0.5) is 0 Å². The molecule has 0 fully saturated rings. The van der Waals surface area contributed by atoms with Crippen molar-refractivity contribution in [3.05, 3.63) is 82.7 Å². The van der Waals surface area contributed by atoms with Gasteiger partial charge in [-0.1, -0.05) is 0 Å². The van der Waals surface area contributed by atoms with Crippen molar-refractivity contribution < 1.29 is 41.9 Å². The smallest absolute Gasteiger partial charge is 0.147 e. The SMILES string of the molecule is C[C](C)=[Hf]([C]1=CC([Si](C)(C)C)=CC1)[C]1=CC([Si](C)(C)C)=CC1.C[C](C)=[Hf]([C]1=CC([Si](C)(C)C)=CC1)[C]1=CC([Si](C)(C)C)=CC1.Cl.Cl. The second-order valence-corrected chi connectivity index (χ2v) is 60.0. The first-order valence-electron chi connectivity index (χ1n) is 17.0. The monoisotopic (exact) mass is 1060 g/mol. The van der Waals surface area contributed by atoms with Crippen LogP contribution in [0.5, 0.6) is 0 Å². The summed E-state index contributed by atoms with van der Waals surface area (Å²) in [7, 11) is -4.58. The summed E-state index contributed by atoms with van der Waals surface area (Å²) in [5.74, 6) is 0. The Kier molecular flexibility index (Phi) is 16.9. The van der Waals surface area contributed by atoms with Gasteiger partial charge in [0.1, 0.15) is 0 Å². The zero-order valence-electron chi connectivity index (χ0n) is 32.3. The minimum Gasteiger partial charge on any atom is -0.147 e. The maximum atomic E-state index is 2.63. The summed E-state index contributed by atoms with van der Waals surface area (Å²) in [6.45, 7) is 39.4.